The van der Waals surface area contributed by atoms with Gasteiger partial charge in [-0.3, -0.25) is 9.69 Å². The second-order valence-electron chi connectivity index (χ2n) is 10.9. The molecule has 1 N–H and O–H groups in total. The van der Waals surface area contributed by atoms with Gasteiger partial charge in [-0.25, -0.2) is 4.68 Å². The maximum absolute atomic E-state index is 13.2. The van der Waals surface area contributed by atoms with Crippen LogP contribution in [0.2, 0.25) is 0 Å². The zero-order valence-electron chi connectivity index (χ0n) is 21.8. The summed E-state index contributed by atoms with van der Waals surface area (Å²) < 4.78 is 1.91. The quantitative estimate of drug-likeness (QED) is 0.396. The molecule has 2 heterocycles. The number of tetrazole rings is 1. The van der Waals surface area contributed by atoms with Crippen molar-refractivity contribution < 1.29 is 0 Å². The number of aryl methyl sites for hydroxylation is 2. The van der Waals surface area contributed by atoms with E-state index in [1.165, 1.54) is 11.1 Å². The number of hydrogen-bond donors (Lipinski definition) is 1. The molecule has 7 heteroatoms. The second-order valence-corrected chi connectivity index (χ2v) is 10.9. The maximum atomic E-state index is 13.2. The molecular weight excluding hydrogens is 436 g/mol. The summed E-state index contributed by atoms with van der Waals surface area (Å²) in [6.45, 7) is 15.9. The minimum Gasteiger partial charge on any atom is -0.322 e. The molecule has 0 aliphatic rings. The van der Waals surface area contributed by atoms with E-state index in [4.69, 9.17) is 0 Å². The average Bonchev–Trinajstić information content (AvgIpc) is 3.25. The van der Waals surface area contributed by atoms with Crippen LogP contribution in [0.3, 0.4) is 0 Å². The summed E-state index contributed by atoms with van der Waals surface area (Å²) in [5.41, 5.74) is 4.79. The van der Waals surface area contributed by atoms with Crippen molar-refractivity contribution in [2.75, 3.05) is 0 Å². The Morgan fingerprint density at radius 3 is 2.31 bits per heavy atom. The third kappa shape index (κ3) is 5.51. The Bertz CT molecular complexity index is 1360. The van der Waals surface area contributed by atoms with Crippen LogP contribution in [0, 0.1) is 19.8 Å². The van der Waals surface area contributed by atoms with Gasteiger partial charge in [0, 0.05) is 24.2 Å². The second kappa shape index (κ2) is 9.74. The maximum Gasteiger partial charge on any atom is 0.252 e. The predicted octanol–water partition coefficient (Wildman–Crippen LogP) is 5.29. The molecule has 0 aliphatic carbocycles. The van der Waals surface area contributed by atoms with Crippen molar-refractivity contribution in [3.05, 3.63) is 87.0 Å². The van der Waals surface area contributed by atoms with Crippen LogP contribution in [0.5, 0.6) is 0 Å². The Morgan fingerprint density at radius 1 is 0.971 bits per heavy atom. The first-order chi connectivity index (χ1) is 16.5. The van der Waals surface area contributed by atoms with Gasteiger partial charge in [0.05, 0.1) is 11.6 Å². The number of aromatic amines is 1. The highest BCUT2D eigenvalue weighted by atomic mass is 16.1. The molecule has 0 amide bonds. The van der Waals surface area contributed by atoms with Crippen LogP contribution < -0.4 is 5.56 Å². The smallest absolute Gasteiger partial charge is 0.252 e. The number of H-pyrrole nitrogens is 1. The molecule has 0 unspecified atom stereocenters. The lowest BCUT2D eigenvalue weighted by Crippen LogP contribution is -2.37. The third-order valence-corrected chi connectivity index (χ3v) is 6.38. The van der Waals surface area contributed by atoms with Gasteiger partial charge in [0.2, 0.25) is 0 Å². The zero-order valence-corrected chi connectivity index (χ0v) is 21.8. The average molecular weight is 473 g/mol. The number of nitrogens with zero attached hydrogens (tertiary/aromatic N) is 5. The summed E-state index contributed by atoms with van der Waals surface area (Å²) >= 11 is 0. The van der Waals surface area contributed by atoms with Crippen molar-refractivity contribution in [2.45, 2.75) is 73.1 Å². The first kappa shape index (κ1) is 24.8. The van der Waals surface area contributed by atoms with E-state index in [0.717, 1.165) is 27.9 Å². The van der Waals surface area contributed by atoms with Crippen LogP contribution in [-0.4, -0.2) is 30.1 Å². The highest BCUT2D eigenvalue weighted by molar-refractivity contribution is 5.79. The molecule has 2 aromatic carbocycles. The number of hydrogen-bond acceptors (Lipinski definition) is 5. The van der Waals surface area contributed by atoms with Crippen LogP contribution in [0.1, 0.15) is 68.7 Å². The van der Waals surface area contributed by atoms with Crippen LogP contribution in [-0.2, 0) is 18.6 Å². The number of fused-ring (bicyclic) bond motifs is 1. The Morgan fingerprint density at radius 2 is 1.66 bits per heavy atom. The molecule has 0 bridgehead atoms. The number of benzene rings is 2. The van der Waals surface area contributed by atoms with Crippen molar-refractivity contribution in [2.24, 2.45) is 5.92 Å². The molecule has 7 nitrogen and oxygen atoms in total. The molecule has 0 radical (unpaired) electrons. The summed E-state index contributed by atoms with van der Waals surface area (Å²) in [5.74, 6) is 1.03. The predicted molar refractivity (Wildman–Crippen MR) is 140 cm³/mol. The van der Waals surface area contributed by atoms with Crippen LogP contribution in [0.15, 0.2) is 53.3 Å². The van der Waals surface area contributed by atoms with Crippen molar-refractivity contribution in [1.29, 1.82) is 0 Å². The van der Waals surface area contributed by atoms with Crippen LogP contribution in [0.25, 0.3) is 10.9 Å². The molecule has 4 rings (SSSR count). The molecule has 2 aromatic heterocycles. The Balaban J connectivity index is 1.80. The number of rotatable bonds is 7. The van der Waals surface area contributed by atoms with Gasteiger partial charge in [0.25, 0.3) is 5.56 Å². The van der Waals surface area contributed by atoms with Gasteiger partial charge < -0.3 is 4.98 Å². The minimum atomic E-state index is -0.264. The topological polar surface area (TPSA) is 79.7 Å². The lowest BCUT2D eigenvalue weighted by atomic mass is 9.98. The van der Waals surface area contributed by atoms with Gasteiger partial charge in [-0.1, -0.05) is 55.8 Å². The summed E-state index contributed by atoms with van der Waals surface area (Å²) in [7, 11) is 0. The van der Waals surface area contributed by atoms with Gasteiger partial charge in [-0.2, -0.15) is 0 Å². The number of nitrogens with one attached hydrogen (secondary N) is 1. The Hall–Kier alpha value is -3.32. The standard InChI is InChI=1S/C28H36N6O/c1-18(2)25(26-30-31-32-34(26)28(5,6)7)33(16-21-11-8-19(3)9-12-21)17-23-15-22-13-10-20(4)14-24(22)29-27(23)35/h8-15,18,25H,16-17H2,1-7H3,(H,29,35)/t25-/m0/s1. The SMILES string of the molecule is Cc1ccc(CN(Cc2cc3ccc(C)cc3[nH]c2=O)[C@H](c2nnnn2C(C)(C)C)C(C)C)cc1. The Labute approximate surface area is 207 Å². The highest BCUT2D eigenvalue weighted by Gasteiger charge is 2.32. The monoisotopic (exact) mass is 472 g/mol. The first-order valence-electron chi connectivity index (χ1n) is 12.2. The molecule has 1 atom stereocenters. The normalized spacial score (nSPS) is 13.2. The fraction of sp³-hybridized carbons (Fsp3) is 0.429. The largest absolute Gasteiger partial charge is 0.322 e. The fourth-order valence-electron chi connectivity index (χ4n) is 4.62. The van der Waals surface area contributed by atoms with E-state index in [-0.39, 0.29) is 23.1 Å². The first-order valence-corrected chi connectivity index (χ1v) is 12.2. The molecule has 184 valence electrons. The van der Waals surface area contributed by atoms with Crippen molar-refractivity contribution >= 4 is 10.9 Å². The van der Waals surface area contributed by atoms with Gasteiger partial charge in [0.1, 0.15) is 0 Å². The van der Waals surface area contributed by atoms with E-state index < -0.39 is 0 Å². The van der Waals surface area contributed by atoms with Gasteiger partial charge in [0.15, 0.2) is 5.82 Å². The summed E-state index contributed by atoms with van der Waals surface area (Å²) in [4.78, 5) is 18.6. The third-order valence-electron chi connectivity index (χ3n) is 6.38. The van der Waals surface area contributed by atoms with Crippen molar-refractivity contribution in [3.8, 4) is 0 Å². The number of pyridine rings is 1. The summed E-state index contributed by atoms with van der Waals surface area (Å²) in [5, 5.41) is 13.9. The number of aromatic nitrogens is 5. The van der Waals surface area contributed by atoms with Crippen LogP contribution in [0.4, 0.5) is 0 Å². The van der Waals surface area contributed by atoms with E-state index in [1.807, 2.05) is 23.7 Å². The fourth-order valence-corrected chi connectivity index (χ4v) is 4.62. The van der Waals surface area contributed by atoms with Crippen molar-refractivity contribution in [3.63, 3.8) is 0 Å². The van der Waals surface area contributed by atoms with Gasteiger partial charge in [-0.15, -0.1) is 5.10 Å². The molecule has 0 aliphatic heterocycles. The van der Waals surface area contributed by atoms with Gasteiger partial charge in [-0.05, 0) is 79.6 Å². The molecule has 0 fully saturated rings. The van der Waals surface area contributed by atoms with E-state index in [2.05, 4.69) is 103 Å². The molecule has 0 saturated heterocycles. The summed E-state index contributed by atoms with van der Waals surface area (Å²) in [6, 6.07) is 16.6. The molecule has 0 saturated carbocycles. The zero-order chi connectivity index (χ0) is 25.3. The van der Waals surface area contributed by atoms with Crippen LogP contribution >= 0.6 is 0 Å². The summed E-state index contributed by atoms with van der Waals surface area (Å²) in [6.07, 6.45) is 0. The molecule has 4 aromatic rings. The minimum absolute atomic E-state index is 0.0603. The van der Waals surface area contributed by atoms with E-state index >= 15 is 0 Å². The van der Waals surface area contributed by atoms with Crippen molar-refractivity contribution in [1.82, 2.24) is 30.1 Å². The van der Waals surface area contributed by atoms with Gasteiger partial charge >= 0.3 is 0 Å². The Kier molecular flexibility index (Phi) is 6.90. The van der Waals surface area contributed by atoms with E-state index in [0.29, 0.717) is 13.1 Å². The lowest BCUT2D eigenvalue weighted by molar-refractivity contribution is 0.119. The van der Waals surface area contributed by atoms with E-state index in [9.17, 15) is 4.79 Å². The lowest BCUT2D eigenvalue weighted by Gasteiger charge is -2.35. The molecule has 0 spiro atoms. The van der Waals surface area contributed by atoms with E-state index in [1.54, 1.807) is 0 Å². The molecular formula is C28H36N6O. The highest BCUT2D eigenvalue weighted by Crippen LogP contribution is 2.32. The molecule has 35 heavy (non-hydrogen) atoms.